The molecule has 0 saturated carbocycles. The number of thioether (sulfide) groups is 2. The lowest BCUT2D eigenvalue weighted by Gasteiger charge is -2.20. The molecule has 1 aliphatic heterocycles. The molecular weight excluding hydrogens is 248 g/mol. The maximum absolute atomic E-state index is 10.6. The molecule has 1 atom stereocenters. The molecule has 1 aromatic rings. The number of anilines is 1. The van der Waals surface area contributed by atoms with Crippen LogP contribution < -0.4 is 5.32 Å². The molecule has 7 heteroatoms. The summed E-state index contributed by atoms with van der Waals surface area (Å²) in [6.45, 7) is 0.761. The highest BCUT2D eigenvalue weighted by Crippen LogP contribution is 2.24. The molecule has 2 rings (SSSR count). The van der Waals surface area contributed by atoms with Crippen molar-refractivity contribution in [1.29, 1.82) is 0 Å². The van der Waals surface area contributed by atoms with E-state index >= 15 is 0 Å². The van der Waals surface area contributed by atoms with Crippen LogP contribution >= 0.6 is 23.5 Å². The number of hydrogen-bond donors (Lipinski definition) is 2. The predicted octanol–water partition coefficient (Wildman–Crippen LogP) is 1.63. The van der Waals surface area contributed by atoms with Gasteiger partial charge in [-0.2, -0.15) is 28.5 Å². The molecule has 1 unspecified atom stereocenters. The second kappa shape index (κ2) is 5.49. The lowest BCUT2D eigenvalue weighted by atomic mass is 10.5. The number of nitrogens with one attached hydrogen (secondary N) is 1. The zero-order valence-corrected chi connectivity index (χ0v) is 10.1. The molecule has 0 aliphatic carbocycles. The Morgan fingerprint density at radius 1 is 1.69 bits per heavy atom. The van der Waals surface area contributed by atoms with Crippen molar-refractivity contribution in [3.63, 3.8) is 0 Å². The predicted molar refractivity (Wildman–Crippen MR) is 65.5 cm³/mol. The lowest BCUT2D eigenvalue weighted by molar-refractivity contribution is 0.0690. The zero-order valence-electron chi connectivity index (χ0n) is 8.51. The van der Waals surface area contributed by atoms with Crippen molar-refractivity contribution in [2.45, 2.75) is 5.25 Å². The summed E-state index contributed by atoms with van der Waals surface area (Å²) in [5, 5.41) is 12.2. The summed E-state index contributed by atoms with van der Waals surface area (Å²) in [6, 6.07) is 0.286. The van der Waals surface area contributed by atoms with Gasteiger partial charge in [-0.15, -0.1) is 0 Å². The summed E-state index contributed by atoms with van der Waals surface area (Å²) in [7, 11) is 0. The van der Waals surface area contributed by atoms with Crippen molar-refractivity contribution < 1.29 is 14.3 Å². The molecule has 2 heterocycles. The molecule has 1 aliphatic rings. The number of carboxylic acid groups (broad SMARTS) is 1. The quantitative estimate of drug-likeness (QED) is 0.852. The SMILES string of the molecule is O=C(O)c1coc(NCC2CSCCS2)n1. The van der Waals surface area contributed by atoms with Gasteiger partial charge in [-0.3, -0.25) is 0 Å². The smallest absolute Gasteiger partial charge is 0.357 e. The van der Waals surface area contributed by atoms with Crippen molar-refractivity contribution in [2.24, 2.45) is 0 Å². The minimum absolute atomic E-state index is 0.0619. The molecular formula is C9H12N2O3S2. The lowest BCUT2D eigenvalue weighted by Crippen LogP contribution is -2.23. The third kappa shape index (κ3) is 3.08. The largest absolute Gasteiger partial charge is 0.476 e. The topological polar surface area (TPSA) is 75.4 Å². The number of rotatable bonds is 4. The van der Waals surface area contributed by atoms with E-state index in [1.807, 2.05) is 23.5 Å². The van der Waals surface area contributed by atoms with E-state index in [1.165, 1.54) is 11.5 Å². The first-order valence-electron chi connectivity index (χ1n) is 4.88. The average Bonchev–Trinajstić information content (AvgIpc) is 2.76. The fourth-order valence-electron chi connectivity index (χ4n) is 1.31. The van der Waals surface area contributed by atoms with Crippen molar-refractivity contribution in [3.8, 4) is 0 Å². The molecule has 16 heavy (non-hydrogen) atoms. The van der Waals surface area contributed by atoms with Crippen LogP contribution in [0.25, 0.3) is 0 Å². The van der Waals surface area contributed by atoms with Gasteiger partial charge in [0.2, 0.25) is 0 Å². The van der Waals surface area contributed by atoms with Crippen LogP contribution in [-0.4, -0.2) is 45.1 Å². The summed E-state index contributed by atoms with van der Waals surface area (Å²) < 4.78 is 5.00. The Balaban J connectivity index is 1.81. The van der Waals surface area contributed by atoms with Gasteiger partial charge in [0.1, 0.15) is 6.26 Å². The molecule has 0 aromatic carbocycles. The maximum atomic E-state index is 10.6. The van der Waals surface area contributed by atoms with Crippen molar-refractivity contribution >= 4 is 35.5 Å². The fourth-order valence-corrected chi connectivity index (χ4v) is 3.92. The summed E-state index contributed by atoms with van der Waals surface area (Å²) in [5.41, 5.74) is -0.0619. The third-order valence-corrected chi connectivity index (χ3v) is 4.93. The fraction of sp³-hybridized carbons (Fsp3) is 0.556. The molecule has 1 fully saturated rings. The highest BCUT2D eigenvalue weighted by atomic mass is 32.2. The first-order valence-corrected chi connectivity index (χ1v) is 7.08. The van der Waals surface area contributed by atoms with Gasteiger partial charge in [0.15, 0.2) is 5.69 Å². The first-order chi connectivity index (χ1) is 7.75. The molecule has 0 amide bonds. The summed E-state index contributed by atoms with van der Waals surface area (Å²) in [4.78, 5) is 14.4. The van der Waals surface area contributed by atoms with Crippen LogP contribution in [0.5, 0.6) is 0 Å². The van der Waals surface area contributed by atoms with Gasteiger partial charge in [-0.05, 0) is 0 Å². The maximum Gasteiger partial charge on any atom is 0.357 e. The second-order valence-electron chi connectivity index (χ2n) is 3.29. The van der Waals surface area contributed by atoms with E-state index in [1.54, 1.807) is 0 Å². The standard InChI is InChI=1S/C9H12N2O3S2/c12-8(13)7-4-14-9(11-7)10-3-6-5-15-1-2-16-6/h4,6H,1-3,5H2,(H,10,11)(H,12,13). The molecule has 5 nitrogen and oxygen atoms in total. The molecule has 2 N–H and O–H groups in total. The number of aromatic nitrogens is 1. The van der Waals surface area contributed by atoms with Crippen LogP contribution in [0, 0.1) is 0 Å². The number of oxazole rings is 1. The van der Waals surface area contributed by atoms with E-state index in [2.05, 4.69) is 10.3 Å². The van der Waals surface area contributed by atoms with Crippen LogP contribution in [0.2, 0.25) is 0 Å². The summed E-state index contributed by atoms with van der Waals surface area (Å²) >= 11 is 3.87. The van der Waals surface area contributed by atoms with Crippen LogP contribution in [0.15, 0.2) is 10.7 Å². The van der Waals surface area contributed by atoms with Gasteiger partial charge in [0.05, 0.1) is 0 Å². The van der Waals surface area contributed by atoms with E-state index in [9.17, 15) is 4.79 Å². The monoisotopic (exact) mass is 260 g/mol. The number of aromatic carboxylic acids is 1. The number of carbonyl (C=O) groups is 1. The molecule has 0 bridgehead atoms. The minimum Gasteiger partial charge on any atom is -0.476 e. The van der Waals surface area contributed by atoms with E-state index in [4.69, 9.17) is 9.52 Å². The normalized spacial score (nSPS) is 20.6. The van der Waals surface area contributed by atoms with Gasteiger partial charge in [0.25, 0.3) is 6.01 Å². The Labute approximate surface area is 101 Å². The van der Waals surface area contributed by atoms with E-state index in [0.29, 0.717) is 5.25 Å². The van der Waals surface area contributed by atoms with Gasteiger partial charge >= 0.3 is 5.97 Å². The van der Waals surface area contributed by atoms with Crippen LogP contribution in [0.1, 0.15) is 10.5 Å². The Morgan fingerprint density at radius 3 is 3.19 bits per heavy atom. The first kappa shape index (κ1) is 11.7. The van der Waals surface area contributed by atoms with Crippen LogP contribution in [0.3, 0.4) is 0 Å². The van der Waals surface area contributed by atoms with Gasteiger partial charge in [-0.25, -0.2) is 4.79 Å². The Kier molecular flexibility index (Phi) is 4.00. The van der Waals surface area contributed by atoms with Gasteiger partial charge < -0.3 is 14.8 Å². The Bertz CT molecular complexity index is 363. The highest BCUT2D eigenvalue weighted by Gasteiger charge is 2.15. The van der Waals surface area contributed by atoms with Crippen LogP contribution in [0.4, 0.5) is 6.01 Å². The number of carboxylic acids is 1. The molecule has 88 valence electrons. The number of hydrogen-bond acceptors (Lipinski definition) is 6. The Hall–Kier alpha value is -0.820. The zero-order chi connectivity index (χ0) is 11.4. The Morgan fingerprint density at radius 2 is 2.56 bits per heavy atom. The summed E-state index contributed by atoms with van der Waals surface area (Å²) in [5.74, 6) is 2.43. The average molecular weight is 260 g/mol. The minimum atomic E-state index is -1.07. The van der Waals surface area contributed by atoms with Crippen LogP contribution in [-0.2, 0) is 0 Å². The van der Waals surface area contributed by atoms with Gasteiger partial charge in [-0.1, -0.05) is 0 Å². The molecule has 0 radical (unpaired) electrons. The number of nitrogens with zero attached hydrogens (tertiary/aromatic N) is 1. The van der Waals surface area contributed by atoms with Crippen molar-refractivity contribution in [2.75, 3.05) is 29.1 Å². The van der Waals surface area contributed by atoms with E-state index < -0.39 is 5.97 Å². The van der Waals surface area contributed by atoms with Gasteiger partial charge in [0, 0.05) is 29.1 Å². The van der Waals surface area contributed by atoms with Crippen molar-refractivity contribution in [3.05, 3.63) is 12.0 Å². The molecule has 0 spiro atoms. The molecule has 1 aromatic heterocycles. The molecule has 1 saturated heterocycles. The van der Waals surface area contributed by atoms with Crippen molar-refractivity contribution in [1.82, 2.24) is 4.98 Å². The third-order valence-electron chi connectivity index (χ3n) is 2.09. The summed E-state index contributed by atoms with van der Waals surface area (Å²) in [6.07, 6.45) is 1.15. The van der Waals surface area contributed by atoms with E-state index in [0.717, 1.165) is 18.6 Å². The van der Waals surface area contributed by atoms with E-state index in [-0.39, 0.29) is 11.7 Å². The highest BCUT2D eigenvalue weighted by molar-refractivity contribution is 8.06. The second-order valence-corrected chi connectivity index (χ2v) is 5.85.